The Morgan fingerprint density at radius 1 is 1.39 bits per heavy atom. The van der Waals surface area contributed by atoms with Crippen LogP contribution in [-0.2, 0) is 10.0 Å². The molecule has 1 N–H and O–H groups in total. The van der Waals surface area contributed by atoms with Crippen molar-refractivity contribution >= 4 is 26.5 Å². The van der Waals surface area contributed by atoms with Crippen molar-refractivity contribution in [3.05, 3.63) is 29.3 Å². The van der Waals surface area contributed by atoms with E-state index in [1.165, 1.54) is 18.7 Å². The van der Waals surface area contributed by atoms with Crippen LogP contribution in [-0.4, -0.2) is 25.7 Å². The maximum Gasteiger partial charge on any atom is 0.263 e. The molecule has 0 aliphatic heterocycles. The van der Waals surface area contributed by atoms with Crippen LogP contribution in [0.3, 0.4) is 0 Å². The molecule has 0 radical (unpaired) electrons. The third kappa shape index (κ3) is 2.59. The zero-order valence-corrected chi connectivity index (χ0v) is 11.4. The van der Waals surface area contributed by atoms with Gasteiger partial charge in [-0.3, -0.25) is 4.72 Å². The molecular weight excluding hydrogens is 274 g/mol. The molecule has 0 saturated carbocycles. The molecule has 2 aromatic rings. The maximum atomic E-state index is 12.0. The third-order valence-corrected chi connectivity index (χ3v) is 4.33. The van der Waals surface area contributed by atoms with Gasteiger partial charge in [-0.1, -0.05) is 11.3 Å². The number of nitrogens with zero attached hydrogens (tertiary/aromatic N) is 2. The van der Waals surface area contributed by atoms with Crippen LogP contribution in [0.25, 0.3) is 0 Å². The van der Waals surface area contributed by atoms with Crippen molar-refractivity contribution < 1.29 is 13.2 Å². The number of hydrogen-bond donors (Lipinski definition) is 1. The molecule has 96 valence electrons. The average molecular weight is 285 g/mol. The minimum Gasteiger partial charge on any atom is -0.496 e. The van der Waals surface area contributed by atoms with E-state index >= 15 is 0 Å². The number of benzene rings is 1. The maximum absolute atomic E-state index is 12.0. The van der Waals surface area contributed by atoms with E-state index in [2.05, 4.69) is 14.9 Å². The first-order chi connectivity index (χ1) is 8.53. The van der Waals surface area contributed by atoms with Crippen molar-refractivity contribution in [1.82, 2.24) is 10.2 Å². The monoisotopic (exact) mass is 285 g/mol. The number of methoxy groups -OCH3 is 1. The number of nitrogens with one attached hydrogen (secondary N) is 1. The van der Waals surface area contributed by atoms with E-state index in [4.69, 9.17) is 4.74 Å². The van der Waals surface area contributed by atoms with E-state index in [-0.39, 0.29) is 10.0 Å². The van der Waals surface area contributed by atoms with Gasteiger partial charge >= 0.3 is 0 Å². The van der Waals surface area contributed by atoms with E-state index in [0.717, 1.165) is 16.9 Å². The first kappa shape index (κ1) is 12.8. The standard InChI is InChI=1S/C10H11N3O3S2/c1-7-5-8(3-4-9(7)16-2)18(14,15)13-10-12-11-6-17-10/h3-6H,1-2H3,(H,12,13). The van der Waals surface area contributed by atoms with Crippen LogP contribution in [0.2, 0.25) is 0 Å². The van der Waals surface area contributed by atoms with Gasteiger partial charge in [0, 0.05) is 0 Å². The summed E-state index contributed by atoms with van der Waals surface area (Å²) in [5, 5.41) is 7.44. The van der Waals surface area contributed by atoms with Crippen LogP contribution >= 0.6 is 11.3 Å². The lowest BCUT2D eigenvalue weighted by Gasteiger charge is -2.08. The molecule has 1 heterocycles. The second-order valence-corrected chi connectivity index (χ2v) is 6.00. The number of ether oxygens (including phenoxy) is 1. The molecule has 0 saturated heterocycles. The predicted molar refractivity (Wildman–Crippen MR) is 68.4 cm³/mol. The van der Waals surface area contributed by atoms with Crippen molar-refractivity contribution in [2.24, 2.45) is 0 Å². The zero-order chi connectivity index (χ0) is 13.2. The molecule has 2 rings (SSSR count). The summed E-state index contributed by atoms with van der Waals surface area (Å²) in [6.07, 6.45) is 0. The van der Waals surface area contributed by atoms with Gasteiger partial charge in [-0.2, -0.15) is 0 Å². The molecule has 1 aromatic heterocycles. The Hall–Kier alpha value is -1.67. The summed E-state index contributed by atoms with van der Waals surface area (Å²) in [5.41, 5.74) is 2.20. The topological polar surface area (TPSA) is 81.2 Å². The van der Waals surface area contributed by atoms with Crippen LogP contribution in [0.4, 0.5) is 5.13 Å². The Labute approximate surface area is 109 Å². The highest BCUT2D eigenvalue weighted by molar-refractivity contribution is 7.93. The lowest BCUT2D eigenvalue weighted by Crippen LogP contribution is -2.13. The van der Waals surface area contributed by atoms with Crippen molar-refractivity contribution in [1.29, 1.82) is 0 Å². The normalized spacial score (nSPS) is 11.2. The summed E-state index contributed by atoms with van der Waals surface area (Å²) in [6, 6.07) is 4.64. The van der Waals surface area contributed by atoms with Crippen LogP contribution in [0, 0.1) is 6.92 Å². The Bertz CT molecular complexity index is 638. The molecule has 0 aliphatic carbocycles. The number of anilines is 1. The van der Waals surface area contributed by atoms with Gasteiger partial charge in [0.25, 0.3) is 10.0 Å². The number of aryl methyl sites for hydroxylation is 1. The molecule has 0 spiro atoms. The number of hydrogen-bond acceptors (Lipinski definition) is 6. The smallest absolute Gasteiger partial charge is 0.263 e. The van der Waals surface area contributed by atoms with Gasteiger partial charge in [-0.05, 0) is 30.7 Å². The van der Waals surface area contributed by atoms with Gasteiger partial charge < -0.3 is 4.74 Å². The molecule has 6 nitrogen and oxygen atoms in total. The van der Waals surface area contributed by atoms with E-state index in [1.54, 1.807) is 19.1 Å². The number of sulfonamides is 1. The van der Waals surface area contributed by atoms with Crippen molar-refractivity contribution in [3.8, 4) is 5.75 Å². The summed E-state index contributed by atoms with van der Waals surface area (Å²) in [6.45, 7) is 1.78. The summed E-state index contributed by atoms with van der Waals surface area (Å²) in [7, 11) is -2.09. The van der Waals surface area contributed by atoms with Crippen LogP contribution in [0.1, 0.15) is 5.56 Å². The first-order valence-corrected chi connectivity index (χ1v) is 7.33. The van der Waals surface area contributed by atoms with E-state index in [9.17, 15) is 8.42 Å². The lowest BCUT2D eigenvalue weighted by molar-refractivity contribution is 0.411. The Balaban J connectivity index is 2.33. The molecular formula is C10H11N3O3S2. The molecule has 1 aromatic carbocycles. The van der Waals surface area contributed by atoms with Crippen molar-refractivity contribution in [3.63, 3.8) is 0 Å². The van der Waals surface area contributed by atoms with Gasteiger partial charge in [0.15, 0.2) is 0 Å². The molecule has 0 bridgehead atoms. The molecule has 0 aliphatic rings. The minimum absolute atomic E-state index is 0.163. The molecule has 8 heteroatoms. The summed E-state index contributed by atoms with van der Waals surface area (Å²) in [5.74, 6) is 0.643. The van der Waals surface area contributed by atoms with Crippen molar-refractivity contribution in [2.75, 3.05) is 11.8 Å². The summed E-state index contributed by atoms with van der Waals surface area (Å²) in [4.78, 5) is 0.163. The first-order valence-electron chi connectivity index (χ1n) is 4.96. The van der Waals surface area contributed by atoms with Crippen LogP contribution < -0.4 is 9.46 Å². The lowest BCUT2D eigenvalue weighted by atomic mass is 10.2. The summed E-state index contributed by atoms with van der Waals surface area (Å²) >= 11 is 1.12. The number of aromatic nitrogens is 2. The minimum atomic E-state index is -3.63. The fourth-order valence-corrected chi connectivity index (χ4v) is 3.19. The third-order valence-electron chi connectivity index (χ3n) is 2.26. The van der Waals surface area contributed by atoms with Gasteiger partial charge in [-0.15, -0.1) is 10.2 Å². The fraction of sp³-hybridized carbons (Fsp3) is 0.200. The van der Waals surface area contributed by atoms with Gasteiger partial charge in [0.05, 0.1) is 12.0 Å². The molecule has 0 unspecified atom stereocenters. The second-order valence-electron chi connectivity index (χ2n) is 3.48. The largest absolute Gasteiger partial charge is 0.496 e. The number of rotatable bonds is 4. The SMILES string of the molecule is COc1ccc(S(=O)(=O)Nc2nncs2)cc1C. The average Bonchev–Trinajstić information content (AvgIpc) is 2.81. The van der Waals surface area contributed by atoms with E-state index < -0.39 is 10.0 Å². The van der Waals surface area contributed by atoms with Gasteiger partial charge in [0.2, 0.25) is 5.13 Å². The van der Waals surface area contributed by atoms with Crippen LogP contribution in [0.5, 0.6) is 5.75 Å². The highest BCUT2D eigenvalue weighted by Gasteiger charge is 2.16. The molecule has 0 fully saturated rings. The van der Waals surface area contributed by atoms with Gasteiger partial charge in [-0.25, -0.2) is 8.42 Å². The Kier molecular flexibility index (Phi) is 3.48. The highest BCUT2D eigenvalue weighted by Crippen LogP contribution is 2.23. The molecule has 18 heavy (non-hydrogen) atoms. The zero-order valence-electron chi connectivity index (χ0n) is 9.75. The van der Waals surface area contributed by atoms with Crippen LogP contribution in [0.15, 0.2) is 28.6 Å². The Morgan fingerprint density at radius 2 is 2.17 bits per heavy atom. The molecule has 0 atom stereocenters. The van der Waals surface area contributed by atoms with E-state index in [0.29, 0.717) is 5.75 Å². The predicted octanol–water partition coefficient (Wildman–Crippen LogP) is 1.66. The fourth-order valence-electron chi connectivity index (χ4n) is 1.41. The quantitative estimate of drug-likeness (QED) is 0.924. The van der Waals surface area contributed by atoms with E-state index in [1.807, 2.05) is 0 Å². The Morgan fingerprint density at radius 3 is 2.72 bits per heavy atom. The second kappa shape index (κ2) is 4.91. The van der Waals surface area contributed by atoms with Crippen molar-refractivity contribution in [2.45, 2.75) is 11.8 Å². The highest BCUT2D eigenvalue weighted by atomic mass is 32.2. The molecule has 0 amide bonds. The summed E-state index contributed by atoms with van der Waals surface area (Å²) < 4.78 is 31.5. The van der Waals surface area contributed by atoms with Gasteiger partial charge in [0.1, 0.15) is 11.3 Å².